The first kappa shape index (κ1) is 20.2. The molecule has 0 unspecified atom stereocenters. The fourth-order valence-corrected chi connectivity index (χ4v) is 3.00. The van der Waals surface area contributed by atoms with Gasteiger partial charge in [0.15, 0.2) is 5.96 Å². The molecule has 0 spiro atoms. The lowest BCUT2D eigenvalue weighted by atomic mass is 9.96. The summed E-state index contributed by atoms with van der Waals surface area (Å²) in [5.41, 5.74) is 8.44. The van der Waals surface area contributed by atoms with Crippen molar-refractivity contribution in [3.8, 4) is 0 Å². The van der Waals surface area contributed by atoms with E-state index in [4.69, 9.17) is 5.73 Å². The maximum absolute atomic E-state index is 11.3. The van der Waals surface area contributed by atoms with Crippen LogP contribution in [0.1, 0.15) is 34.3 Å². The van der Waals surface area contributed by atoms with Crippen molar-refractivity contribution in [2.24, 2.45) is 10.7 Å². The van der Waals surface area contributed by atoms with Crippen LogP contribution in [0.2, 0.25) is 0 Å². The van der Waals surface area contributed by atoms with Crippen molar-refractivity contribution in [1.82, 2.24) is 10.6 Å². The van der Waals surface area contributed by atoms with Crippen LogP contribution >= 0.6 is 24.0 Å². The van der Waals surface area contributed by atoms with E-state index in [1.807, 2.05) is 18.2 Å². The minimum atomic E-state index is -0.414. The largest absolute Gasteiger partial charge is 0.366 e. The number of aliphatic imine (C=N–C) groups is 1. The summed E-state index contributed by atoms with van der Waals surface area (Å²) in [5, 5.41) is 6.72. The van der Waals surface area contributed by atoms with E-state index in [0.717, 1.165) is 18.1 Å². The number of rotatable bonds is 6. The number of amides is 1. The van der Waals surface area contributed by atoms with Crippen LogP contribution in [-0.2, 0) is 12.0 Å². The smallest absolute Gasteiger partial charge is 0.248 e. The quantitative estimate of drug-likeness (QED) is 0.350. The molecule has 3 rings (SSSR count). The minimum Gasteiger partial charge on any atom is -0.366 e. The second kappa shape index (κ2) is 9.02. The van der Waals surface area contributed by atoms with Crippen molar-refractivity contribution in [3.05, 3.63) is 71.3 Å². The molecule has 0 aromatic heterocycles. The first-order valence-electron chi connectivity index (χ1n) is 8.52. The summed E-state index contributed by atoms with van der Waals surface area (Å²) < 4.78 is 0. The molecule has 1 aliphatic carbocycles. The van der Waals surface area contributed by atoms with Crippen LogP contribution in [0.4, 0.5) is 0 Å². The molecule has 1 amide bonds. The van der Waals surface area contributed by atoms with Gasteiger partial charge in [-0.15, -0.1) is 24.0 Å². The van der Waals surface area contributed by atoms with Gasteiger partial charge in [-0.25, -0.2) is 0 Å². The van der Waals surface area contributed by atoms with Crippen LogP contribution < -0.4 is 16.4 Å². The summed E-state index contributed by atoms with van der Waals surface area (Å²) in [7, 11) is 1.76. The van der Waals surface area contributed by atoms with Crippen molar-refractivity contribution >= 4 is 35.8 Å². The summed E-state index contributed by atoms with van der Waals surface area (Å²) in [6, 6.07) is 17.9. The zero-order chi connectivity index (χ0) is 17.7. The molecule has 138 valence electrons. The Morgan fingerprint density at radius 3 is 2.46 bits per heavy atom. The highest BCUT2D eigenvalue weighted by molar-refractivity contribution is 14.0. The number of benzene rings is 2. The van der Waals surface area contributed by atoms with E-state index in [-0.39, 0.29) is 29.4 Å². The fraction of sp³-hybridized carbons (Fsp3) is 0.300. The molecule has 1 fully saturated rings. The predicted molar refractivity (Wildman–Crippen MR) is 116 cm³/mol. The van der Waals surface area contributed by atoms with Crippen LogP contribution in [0.3, 0.4) is 0 Å². The third kappa shape index (κ3) is 4.97. The highest BCUT2D eigenvalue weighted by atomic mass is 127. The second-order valence-electron chi connectivity index (χ2n) is 6.49. The number of hydrogen-bond donors (Lipinski definition) is 3. The maximum Gasteiger partial charge on any atom is 0.248 e. The standard InChI is InChI=1S/C20H24N4O.HI/c1-22-19(23-13-15-6-5-7-16(12-15)18(21)25)24-14-20(10-11-20)17-8-3-2-4-9-17;/h2-9,12H,10-11,13-14H2,1H3,(H2,21,25)(H2,22,23,24);1H. The molecular weight excluding hydrogens is 439 g/mol. The van der Waals surface area contributed by atoms with Gasteiger partial charge in [-0.3, -0.25) is 9.79 Å². The molecule has 5 nitrogen and oxygen atoms in total. The lowest BCUT2D eigenvalue weighted by Gasteiger charge is -2.19. The molecule has 6 heteroatoms. The number of nitrogens with two attached hydrogens (primary N) is 1. The minimum absolute atomic E-state index is 0. The molecule has 0 atom stereocenters. The van der Waals surface area contributed by atoms with Crippen molar-refractivity contribution < 1.29 is 4.79 Å². The molecule has 1 aliphatic rings. The zero-order valence-corrected chi connectivity index (χ0v) is 17.2. The van der Waals surface area contributed by atoms with E-state index in [1.165, 1.54) is 18.4 Å². The van der Waals surface area contributed by atoms with Gasteiger partial charge in [-0.2, -0.15) is 0 Å². The summed E-state index contributed by atoms with van der Waals surface area (Å²) in [5.74, 6) is 0.342. The van der Waals surface area contributed by atoms with Crippen LogP contribution in [0, 0.1) is 0 Å². The van der Waals surface area contributed by atoms with Gasteiger partial charge in [-0.1, -0.05) is 42.5 Å². The number of hydrogen-bond acceptors (Lipinski definition) is 2. The number of nitrogens with zero attached hydrogens (tertiary/aromatic N) is 1. The average Bonchev–Trinajstić information content (AvgIpc) is 3.44. The molecule has 0 bridgehead atoms. The molecule has 0 radical (unpaired) electrons. The predicted octanol–water partition coefficient (Wildman–Crippen LogP) is 2.80. The molecule has 0 heterocycles. The lowest BCUT2D eigenvalue weighted by Crippen LogP contribution is -2.40. The average molecular weight is 464 g/mol. The van der Waals surface area contributed by atoms with Gasteiger partial charge < -0.3 is 16.4 Å². The fourth-order valence-electron chi connectivity index (χ4n) is 3.00. The molecule has 26 heavy (non-hydrogen) atoms. The van der Waals surface area contributed by atoms with Gasteiger partial charge in [0.1, 0.15) is 0 Å². The number of guanidine groups is 1. The summed E-state index contributed by atoms with van der Waals surface area (Å²) in [4.78, 5) is 15.6. The highest BCUT2D eigenvalue weighted by Gasteiger charge is 2.43. The van der Waals surface area contributed by atoms with Crippen LogP contribution in [0.5, 0.6) is 0 Å². The first-order chi connectivity index (χ1) is 12.1. The Hall–Kier alpha value is -2.09. The third-order valence-corrected chi connectivity index (χ3v) is 4.73. The van der Waals surface area contributed by atoms with Gasteiger partial charge in [0.25, 0.3) is 0 Å². The number of carbonyl (C=O) groups is 1. The molecule has 2 aromatic carbocycles. The maximum atomic E-state index is 11.3. The first-order valence-corrected chi connectivity index (χ1v) is 8.52. The van der Waals surface area contributed by atoms with Gasteiger partial charge in [0, 0.05) is 31.1 Å². The van der Waals surface area contributed by atoms with Crippen molar-refractivity contribution in [2.75, 3.05) is 13.6 Å². The highest BCUT2D eigenvalue weighted by Crippen LogP contribution is 2.47. The Labute approximate surface area is 171 Å². The lowest BCUT2D eigenvalue weighted by molar-refractivity contribution is 0.1000. The monoisotopic (exact) mass is 464 g/mol. The van der Waals surface area contributed by atoms with Crippen molar-refractivity contribution in [2.45, 2.75) is 24.8 Å². The van der Waals surface area contributed by atoms with Gasteiger partial charge in [-0.05, 0) is 36.1 Å². The Morgan fingerprint density at radius 2 is 1.85 bits per heavy atom. The van der Waals surface area contributed by atoms with Crippen LogP contribution in [0.25, 0.3) is 0 Å². The number of nitrogens with one attached hydrogen (secondary N) is 2. The Bertz CT molecular complexity index is 772. The Balaban J connectivity index is 0.00000243. The summed E-state index contributed by atoms with van der Waals surface area (Å²) in [6.07, 6.45) is 2.39. The second-order valence-corrected chi connectivity index (χ2v) is 6.49. The van der Waals surface area contributed by atoms with E-state index >= 15 is 0 Å². The number of halogens is 1. The van der Waals surface area contributed by atoms with Crippen molar-refractivity contribution in [3.63, 3.8) is 0 Å². The molecule has 1 saturated carbocycles. The third-order valence-electron chi connectivity index (χ3n) is 4.73. The van der Waals surface area contributed by atoms with Crippen molar-refractivity contribution in [1.29, 1.82) is 0 Å². The van der Waals surface area contributed by atoms with Gasteiger partial charge in [0.2, 0.25) is 5.91 Å². The Morgan fingerprint density at radius 1 is 1.12 bits per heavy atom. The molecular formula is C20H25IN4O. The molecule has 2 aromatic rings. The summed E-state index contributed by atoms with van der Waals surface area (Å²) >= 11 is 0. The van der Waals surface area contributed by atoms with E-state index in [9.17, 15) is 4.79 Å². The number of primary amides is 1. The summed E-state index contributed by atoms with van der Waals surface area (Å²) in [6.45, 7) is 1.44. The molecule has 4 N–H and O–H groups in total. The van der Waals surface area contributed by atoms with E-state index in [1.54, 1.807) is 19.2 Å². The van der Waals surface area contributed by atoms with E-state index in [0.29, 0.717) is 12.1 Å². The van der Waals surface area contributed by atoms with Crippen LogP contribution in [-0.4, -0.2) is 25.5 Å². The van der Waals surface area contributed by atoms with Gasteiger partial charge in [0.05, 0.1) is 0 Å². The van der Waals surface area contributed by atoms with Gasteiger partial charge >= 0.3 is 0 Å². The topological polar surface area (TPSA) is 79.5 Å². The van der Waals surface area contributed by atoms with E-state index < -0.39 is 5.91 Å². The normalized spacial score (nSPS) is 14.9. The van der Waals surface area contributed by atoms with Crippen LogP contribution in [0.15, 0.2) is 59.6 Å². The SMILES string of the molecule is CN=C(NCc1cccc(C(N)=O)c1)NCC1(c2ccccc2)CC1.I. The van der Waals surface area contributed by atoms with E-state index in [2.05, 4.69) is 39.9 Å². The molecule has 0 saturated heterocycles. The molecule has 0 aliphatic heterocycles. The Kier molecular flexibility index (Phi) is 7.02. The zero-order valence-electron chi connectivity index (χ0n) is 14.9. The number of carbonyl (C=O) groups excluding carboxylic acids is 1.